The molecule has 7 heteroatoms. The highest BCUT2D eigenvalue weighted by Gasteiger charge is 2.17. The highest BCUT2D eigenvalue weighted by molar-refractivity contribution is 7.09. The topological polar surface area (TPSA) is 78.4 Å². The van der Waals surface area contributed by atoms with Crippen molar-refractivity contribution in [2.45, 2.75) is 46.1 Å². The summed E-state index contributed by atoms with van der Waals surface area (Å²) < 4.78 is 0. The molecule has 1 aromatic heterocycles. The number of thiazole rings is 1. The minimum Gasteiger partial charge on any atom is -0.357 e. The molecule has 0 saturated heterocycles. The third kappa shape index (κ3) is 6.64. The molecule has 0 radical (unpaired) electrons. The average Bonchev–Trinajstić information content (AvgIpc) is 3.15. The molecule has 0 aliphatic heterocycles. The molecule has 0 unspecified atom stereocenters. The van der Waals surface area contributed by atoms with Crippen molar-refractivity contribution in [3.8, 4) is 0 Å². The molecule has 3 N–H and O–H groups in total. The maximum atomic E-state index is 11.8. The summed E-state index contributed by atoms with van der Waals surface area (Å²) >= 11 is 1.69. The van der Waals surface area contributed by atoms with Gasteiger partial charge in [-0.05, 0) is 31.0 Å². The van der Waals surface area contributed by atoms with E-state index >= 15 is 0 Å². The fraction of sp³-hybridized carbons (Fsp3) is 0.476. The number of aliphatic imine (C=N–C) groups is 1. The molecule has 6 nitrogen and oxygen atoms in total. The highest BCUT2D eigenvalue weighted by atomic mass is 32.1. The largest absolute Gasteiger partial charge is 0.357 e. The number of hydrogen-bond acceptors (Lipinski definition) is 4. The normalized spacial score (nSPS) is 12.0. The van der Waals surface area contributed by atoms with E-state index in [0.29, 0.717) is 12.1 Å². The van der Waals surface area contributed by atoms with Gasteiger partial charge in [0.2, 0.25) is 0 Å². The molecule has 0 fully saturated rings. The number of guanidine groups is 1. The molecule has 0 saturated carbocycles. The van der Waals surface area contributed by atoms with Crippen molar-refractivity contribution < 1.29 is 4.79 Å². The van der Waals surface area contributed by atoms with E-state index in [1.54, 1.807) is 18.4 Å². The lowest BCUT2D eigenvalue weighted by Gasteiger charge is -2.13. The molecule has 152 valence electrons. The number of amides is 1. The third-order valence-corrected chi connectivity index (χ3v) is 5.38. The van der Waals surface area contributed by atoms with Gasteiger partial charge in [0.25, 0.3) is 5.91 Å². The Labute approximate surface area is 171 Å². The van der Waals surface area contributed by atoms with Gasteiger partial charge in [-0.25, -0.2) is 9.98 Å². The molecule has 1 aromatic carbocycles. The van der Waals surface area contributed by atoms with Crippen LogP contribution in [0.25, 0.3) is 0 Å². The highest BCUT2D eigenvalue weighted by Crippen LogP contribution is 2.25. The lowest BCUT2D eigenvalue weighted by molar-refractivity contribution is 0.0963. The van der Waals surface area contributed by atoms with E-state index in [2.05, 4.69) is 47.1 Å². The first kappa shape index (κ1) is 21.9. The van der Waals surface area contributed by atoms with Gasteiger partial charge in [-0.2, -0.15) is 0 Å². The molecule has 0 bridgehead atoms. The molecule has 1 heterocycles. The van der Waals surface area contributed by atoms with Crippen LogP contribution < -0.4 is 16.0 Å². The standard InChI is InChI=1S/C21H31N5OS/c1-6-23-20(25-13-17-14-28-19(26-17)21(2,3)4)24-11-10-15-8-7-9-16(12-15)18(27)22-5/h7-9,12,14H,6,10-11,13H2,1-5H3,(H,22,27)(H2,23,24,25). The van der Waals surface area contributed by atoms with Crippen molar-refractivity contribution >= 4 is 23.2 Å². The number of benzene rings is 1. The van der Waals surface area contributed by atoms with Gasteiger partial charge in [0.1, 0.15) is 0 Å². The fourth-order valence-electron chi connectivity index (χ4n) is 2.56. The molecular weight excluding hydrogens is 370 g/mol. The Bertz CT molecular complexity index is 807. The Morgan fingerprint density at radius 2 is 2.04 bits per heavy atom. The van der Waals surface area contributed by atoms with Crippen molar-refractivity contribution in [1.29, 1.82) is 0 Å². The monoisotopic (exact) mass is 401 g/mol. The summed E-state index contributed by atoms with van der Waals surface area (Å²) in [6.45, 7) is 10.6. The van der Waals surface area contributed by atoms with E-state index < -0.39 is 0 Å². The van der Waals surface area contributed by atoms with E-state index in [1.165, 1.54) is 0 Å². The Morgan fingerprint density at radius 1 is 1.25 bits per heavy atom. The van der Waals surface area contributed by atoms with Gasteiger partial charge >= 0.3 is 0 Å². The first-order chi connectivity index (χ1) is 13.3. The summed E-state index contributed by atoms with van der Waals surface area (Å²) in [6, 6.07) is 7.69. The predicted molar refractivity (Wildman–Crippen MR) is 117 cm³/mol. The number of nitrogens with zero attached hydrogens (tertiary/aromatic N) is 2. The SMILES string of the molecule is CCNC(=NCc1csc(C(C)(C)C)n1)NCCc1cccc(C(=O)NC)c1. The maximum absolute atomic E-state index is 11.8. The summed E-state index contributed by atoms with van der Waals surface area (Å²) in [5.74, 6) is 0.706. The Morgan fingerprint density at radius 3 is 2.68 bits per heavy atom. The van der Waals surface area contributed by atoms with Crippen LogP contribution in [0.2, 0.25) is 0 Å². The Balaban J connectivity index is 1.93. The summed E-state index contributed by atoms with van der Waals surface area (Å²) in [5.41, 5.74) is 2.85. The van der Waals surface area contributed by atoms with Crippen LogP contribution in [0.15, 0.2) is 34.6 Å². The van der Waals surface area contributed by atoms with Crippen LogP contribution in [0.4, 0.5) is 0 Å². The molecule has 2 aromatic rings. The van der Waals surface area contributed by atoms with Gasteiger partial charge in [0.05, 0.1) is 17.2 Å². The van der Waals surface area contributed by atoms with Gasteiger partial charge in [-0.3, -0.25) is 4.79 Å². The summed E-state index contributed by atoms with van der Waals surface area (Å²) in [6.07, 6.45) is 0.806. The zero-order chi connectivity index (χ0) is 20.6. The van der Waals surface area contributed by atoms with Crippen LogP contribution >= 0.6 is 11.3 Å². The van der Waals surface area contributed by atoms with Gasteiger partial charge < -0.3 is 16.0 Å². The molecule has 2 rings (SSSR count). The molecule has 28 heavy (non-hydrogen) atoms. The minimum absolute atomic E-state index is 0.0670. The number of carbonyl (C=O) groups is 1. The second-order valence-electron chi connectivity index (χ2n) is 7.55. The van der Waals surface area contributed by atoms with Gasteiger partial charge in [0, 0.05) is 36.5 Å². The van der Waals surface area contributed by atoms with Crippen molar-refractivity contribution in [2.24, 2.45) is 4.99 Å². The molecule has 0 aliphatic carbocycles. The number of carbonyl (C=O) groups excluding carboxylic acids is 1. The van der Waals surface area contributed by atoms with E-state index in [0.717, 1.165) is 41.7 Å². The number of nitrogens with one attached hydrogen (secondary N) is 3. The van der Waals surface area contributed by atoms with Gasteiger partial charge in [0.15, 0.2) is 5.96 Å². The molecule has 0 atom stereocenters. The zero-order valence-corrected chi connectivity index (χ0v) is 18.2. The van der Waals surface area contributed by atoms with Crippen LogP contribution in [0.3, 0.4) is 0 Å². The maximum Gasteiger partial charge on any atom is 0.251 e. The second kappa shape index (κ2) is 10.2. The third-order valence-electron chi connectivity index (χ3n) is 4.06. The van der Waals surface area contributed by atoms with Crippen molar-refractivity contribution in [1.82, 2.24) is 20.9 Å². The van der Waals surface area contributed by atoms with Crippen molar-refractivity contribution in [2.75, 3.05) is 20.1 Å². The molecule has 0 spiro atoms. The summed E-state index contributed by atoms with van der Waals surface area (Å²) in [4.78, 5) is 21.1. The smallest absolute Gasteiger partial charge is 0.251 e. The lowest BCUT2D eigenvalue weighted by atomic mass is 9.98. The quantitative estimate of drug-likeness (QED) is 0.492. The molecular formula is C21H31N5OS. The van der Waals surface area contributed by atoms with Crippen molar-refractivity contribution in [3.05, 3.63) is 51.5 Å². The second-order valence-corrected chi connectivity index (χ2v) is 8.40. The minimum atomic E-state index is -0.0670. The fourth-order valence-corrected chi connectivity index (χ4v) is 3.46. The zero-order valence-electron chi connectivity index (χ0n) is 17.4. The van der Waals surface area contributed by atoms with Crippen LogP contribution in [0.5, 0.6) is 0 Å². The van der Waals surface area contributed by atoms with Crippen molar-refractivity contribution in [3.63, 3.8) is 0 Å². The van der Waals surface area contributed by atoms with E-state index in [9.17, 15) is 4.79 Å². The van der Waals surface area contributed by atoms with Crippen LogP contribution in [0.1, 0.15) is 54.3 Å². The molecule has 1 amide bonds. The van der Waals surface area contributed by atoms with E-state index in [1.807, 2.05) is 31.2 Å². The van der Waals surface area contributed by atoms with Crippen LogP contribution in [-0.4, -0.2) is 37.0 Å². The summed E-state index contributed by atoms with van der Waals surface area (Å²) in [7, 11) is 1.64. The Kier molecular flexibility index (Phi) is 7.99. The molecule has 0 aliphatic rings. The average molecular weight is 402 g/mol. The predicted octanol–water partition coefficient (Wildman–Crippen LogP) is 3.10. The van der Waals surface area contributed by atoms with E-state index in [4.69, 9.17) is 4.98 Å². The Hall–Kier alpha value is -2.41. The van der Waals surface area contributed by atoms with Gasteiger partial charge in [-0.1, -0.05) is 32.9 Å². The van der Waals surface area contributed by atoms with E-state index in [-0.39, 0.29) is 11.3 Å². The summed E-state index contributed by atoms with van der Waals surface area (Å²) in [5, 5.41) is 12.5. The first-order valence-electron chi connectivity index (χ1n) is 9.61. The first-order valence-corrected chi connectivity index (χ1v) is 10.5. The number of hydrogen-bond donors (Lipinski definition) is 3. The van der Waals surface area contributed by atoms with Crippen LogP contribution in [-0.2, 0) is 18.4 Å². The number of aromatic nitrogens is 1. The lowest BCUT2D eigenvalue weighted by Crippen LogP contribution is -2.38. The van der Waals surface area contributed by atoms with Gasteiger partial charge in [-0.15, -0.1) is 11.3 Å². The van der Waals surface area contributed by atoms with Crippen LogP contribution in [0, 0.1) is 0 Å². The number of rotatable bonds is 7.